The molecule has 2 aromatic carbocycles. The Bertz CT molecular complexity index is 713. The Labute approximate surface area is 208 Å². The number of hydrogen-bond acceptors (Lipinski definition) is 1. The SMILES string of the molecule is CC(=Nc1ccc(C)cc1)c1[c-]cc(Br)cc1.CC1C(C)C(C)C(C)C1C.[CH3-].[Cl][Ir+2]. The van der Waals surface area contributed by atoms with Crippen molar-refractivity contribution < 1.29 is 17.9 Å². The monoisotopic (exact) mass is 669 g/mol. The molecule has 1 aliphatic rings. The molecule has 0 heterocycles. The van der Waals surface area contributed by atoms with Gasteiger partial charge in [0.15, 0.2) is 0 Å². The summed E-state index contributed by atoms with van der Waals surface area (Å²) < 4.78 is 1.03. The second kappa shape index (κ2) is 14.6. The standard InChI is InChI=1S/C15H13BrN.C10H20.CH3.ClH.Ir/c1-11-3-9-15(10-4-11)17-12(2)13-5-7-14(16)8-6-13;1-6-7(2)9(4)10(5)8(6)3;;;/h3-5,7-10H,1-2H3;6-10H,1-5H3;1H3;1H;/q-1;;-1;;+3/p-1. The summed E-state index contributed by atoms with van der Waals surface area (Å²) in [7, 11) is 4.64. The number of aryl methyl sites for hydroxylation is 1. The molecule has 168 valence electrons. The van der Waals surface area contributed by atoms with Gasteiger partial charge < -0.3 is 12.4 Å². The van der Waals surface area contributed by atoms with Gasteiger partial charge in [0, 0.05) is 0 Å². The fourth-order valence-corrected chi connectivity index (χ4v) is 4.14. The Balaban J connectivity index is 0.000000557. The molecule has 30 heavy (non-hydrogen) atoms. The zero-order chi connectivity index (χ0) is 22.1. The van der Waals surface area contributed by atoms with Gasteiger partial charge in [0.2, 0.25) is 0 Å². The van der Waals surface area contributed by atoms with Crippen LogP contribution in [-0.4, -0.2) is 5.71 Å². The van der Waals surface area contributed by atoms with Crippen molar-refractivity contribution in [2.75, 3.05) is 0 Å². The van der Waals surface area contributed by atoms with E-state index in [1.807, 2.05) is 37.3 Å². The molecule has 1 fully saturated rings. The molecule has 0 saturated heterocycles. The van der Waals surface area contributed by atoms with Gasteiger partial charge in [-0.05, 0) is 54.4 Å². The summed E-state index contributed by atoms with van der Waals surface area (Å²) in [5.41, 5.74) is 4.22. The molecule has 0 atom stereocenters. The van der Waals surface area contributed by atoms with Gasteiger partial charge in [-0.2, -0.15) is 0 Å². The molecule has 3 rings (SSSR count). The van der Waals surface area contributed by atoms with Crippen LogP contribution in [0.3, 0.4) is 0 Å². The zero-order valence-corrected chi connectivity index (χ0v) is 24.2. The van der Waals surface area contributed by atoms with Gasteiger partial charge in [-0.3, -0.25) is 0 Å². The van der Waals surface area contributed by atoms with Crippen LogP contribution in [0.5, 0.6) is 0 Å². The van der Waals surface area contributed by atoms with Crippen LogP contribution in [-0.2, 0) is 17.9 Å². The van der Waals surface area contributed by atoms with Crippen LogP contribution in [0.15, 0.2) is 51.9 Å². The van der Waals surface area contributed by atoms with E-state index in [-0.39, 0.29) is 7.43 Å². The van der Waals surface area contributed by atoms with Gasteiger partial charge in [-0.1, -0.05) is 63.7 Å². The van der Waals surface area contributed by atoms with Gasteiger partial charge in [-0.25, -0.2) is 0 Å². The van der Waals surface area contributed by atoms with Crippen LogP contribution in [0, 0.1) is 50.0 Å². The van der Waals surface area contributed by atoms with Crippen molar-refractivity contribution in [3.8, 4) is 0 Å². The van der Waals surface area contributed by atoms with Crippen LogP contribution in [0.25, 0.3) is 0 Å². The number of rotatable bonds is 2. The second-order valence-corrected chi connectivity index (χ2v) is 9.16. The zero-order valence-electron chi connectivity index (χ0n) is 19.5. The molecule has 0 N–H and O–H groups in total. The third-order valence-corrected chi connectivity index (χ3v) is 7.14. The summed E-state index contributed by atoms with van der Waals surface area (Å²) in [6.45, 7) is 16.1. The normalized spacial score (nSPS) is 25.3. The second-order valence-electron chi connectivity index (χ2n) is 8.25. The number of benzene rings is 2. The minimum absolute atomic E-state index is 0. The number of halogens is 2. The summed E-state index contributed by atoms with van der Waals surface area (Å²) in [5, 5.41) is 0. The van der Waals surface area contributed by atoms with Crippen LogP contribution < -0.4 is 0 Å². The Kier molecular flexibility index (Phi) is 14.3. The average Bonchev–Trinajstić information content (AvgIpc) is 2.90. The topological polar surface area (TPSA) is 12.4 Å². The maximum atomic E-state index is 4.64. The van der Waals surface area contributed by atoms with E-state index in [1.165, 1.54) is 23.5 Å². The fourth-order valence-electron chi connectivity index (χ4n) is 3.90. The first-order chi connectivity index (χ1) is 13.7. The molecule has 0 spiro atoms. The molecule has 0 aliphatic heterocycles. The Morgan fingerprint density at radius 1 is 0.867 bits per heavy atom. The first-order valence-corrected chi connectivity index (χ1v) is 13.9. The third kappa shape index (κ3) is 8.58. The number of nitrogens with zero attached hydrogens (tertiary/aromatic N) is 1. The minimum atomic E-state index is 0. The van der Waals surface area contributed by atoms with Crippen LogP contribution in [0.1, 0.15) is 52.7 Å². The molecule has 1 aliphatic carbocycles. The Hall–Kier alpha value is -0.471. The Morgan fingerprint density at radius 3 is 1.67 bits per heavy atom. The van der Waals surface area contributed by atoms with E-state index in [0.29, 0.717) is 0 Å². The van der Waals surface area contributed by atoms with Crippen molar-refractivity contribution in [1.82, 2.24) is 0 Å². The van der Waals surface area contributed by atoms with Crippen molar-refractivity contribution in [2.45, 2.75) is 48.5 Å². The van der Waals surface area contributed by atoms with E-state index >= 15 is 0 Å². The quantitative estimate of drug-likeness (QED) is 0.224. The molecule has 2 aromatic rings. The molecule has 0 amide bonds. The number of hydrogen-bond donors (Lipinski definition) is 0. The van der Waals surface area contributed by atoms with E-state index in [9.17, 15) is 0 Å². The molecular weight excluding hydrogens is 634 g/mol. The molecule has 0 aromatic heterocycles. The van der Waals surface area contributed by atoms with Crippen LogP contribution in [0.2, 0.25) is 0 Å². The summed E-state index contributed by atoms with van der Waals surface area (Å²) in [6, 6.07) is 17.3. The van der Waals surface area contributed by atoms with Crippen molar-refractivity contribution in [1.29, 1.82) is 0 Å². The van der Waals surface area contributed by atoms with E-state index in [1.54, 1.807) is 0 Å². The molecule has 0 radical (unpaired) electrons. The molecular formula is C26H36BrClIrN. The van der Waals surface area contributed by atoms with E-state index in [2.05, 4.69) is 90.2 Å². The summed E-state index contributed by atoms with van der Waals surface area (Å²) >= 11 is 4.87. The van der Waals surface area contributed by atoms with Crippen LogP contribution >= 0.6 is 25.5 Å². The van der Waals surface area contributed by atoms with Crippen molar-refractivity contribution in [3.05, 3.63) is 71.6 Å². The predicted octanol–water partition coefficient (Wildman–Crippen LogP) is 9.02. The van der Waals surface area contributed by atoms with E-state index < -0.39 is 0 Å². The fraction of sp³-hybridized carbons (Fsp3) is 0.462. The van der Waals surface area contributed by atoms with Gasteiger partial charge in [0.25, 0.3) is 0 Å². The van der Waals surface area contributed by atoms with Crippen molar-refractivity contribution in [2.24, 2.45) is 34.6 Å². The van der Waals surface area contributed by atoms with E-state index in [0.717, 1.165) is 51.0 Å². The van der Waals surface area contributed by atoms with Gasteiger partial charge in [0.1, 0.15) is 0 Å². The van der Waals surface area contributed by atoms with Gasteiger partial charge in [-0.15, -0.1) is 45.8 Å². The molecule has 1 nitrogen and oxygen atoms in total. The maximum absolute atomic E-state index is 4.64. The van der Waals surface area contributed by atoms with E-state index in [4.69, 9.17) is 0 Å². The van der Waals surface area contributed by atoms with Crippen molar-refractivity contribution >= 4 is 36.9 Å². The first-order valence-electron chi connectivity index (χ1n) is 10.1. The summed E-state index contributed by atoms with van der Waals surface area (Å²) in [6.07, 6.45) is 0. The predicted molar refractivity (Wildman–Crippen MR) is 134 cm³/mol. The summed E-state index contributed by atoms with van der Waals surface area (Å²) in [4.78, 5) is 4.57. The summed E-state index contributed by atoms with van der Waals surface area (Å²) in [5.74, 6) is 4.68. The Morgan fingerprint density at radius 2 is 1.30 bits per heavy atom. The van der Waals surface area contributed by atoms with Gasteiger partial charge >= 0.3 is 27.5 Å². The third-order valence-electron chi connectivity index (χ3n) is 6.64. The molecule has 4 heteroatoms. The molecule has 1 saturated carbocycles. The average molecular weight is 670 g/mol. The molecule has 0 bridgehead atoms. The van der Waals surface area contributed by atoms with Crippen molar-refractivity contribution in [3.63, 3.8) is 0 Å². The number of aliphatic imine (C=N–C) groups is 1. The molecule has 0 unspecified atom stereocenters. The van der Waals surface area contributed by atoms with Crippen LogP contribution in [0.4, 0.5) is 5.69 Å². The first kappa shape index (κ1) is 29.5. The van der Waals surface area contributed by atoms with Gasteiger partial charge in [0.05, 0.1) is 5.69 Å².